The third kappa shape index (κ3) is 4.60. The predicted molar refractivity (Wildman–Crippen MR) is 93.6 cm³/mol. The summed E-state index contributed by atoms with van der Waals surface area (Å²) in [6.45, 7) is 0.791. The minimum atomic E-state index is -4.33. The Morgan fingerprint density at radius 1 is 1.46 bits per heavy atom. The molecule has 0 spiro atoms. The number of nitrogens with one attached hydrogen (secondary N) is 2. The molecule has 0 aromatic carbocycles. The summed E-state index contributed by atoms with van der Waals surface area (Å²) >= 11 is 1.10. The Bertz CT molecular complexity index is 710. The summed E-state index contributed by atoms with van der Waals surface area (Å²) < 4.78 is 38.4. The molecule has 142 valence electrons. The minimum absolute atomic E-state index is 0.107. The first-order valence-corrected chi connectivity index (χ1v) is 9.18. The Kier molecular flexibility index (Phi) is 5.93. The zero-order valence-corrected chi connectivity index (χ0v) is 14.7. The average molecular weight is 386 g/mol. The Morgan fingerprint density at radius 2 is 2.27 bits per heavy atom. The molecule has 3 heterocycles. The minimum Gasteiger partial charge on any atom is -0.387 e. The number of thiophene rings is 1. The molecule has 1 aliphatic heterocycles. The predicted octanol–water partition coefficient (Wildman–Crippen LogP) is 2.22. The number of alkyl halides is 3. The molecule has 1 saturated heterocycles. The van der Waals surface area contributed by atoms with Gasteiger partial charge in [0.15, 0.2) is 0 Å². The van der Waals surface area contributed by atoms with Gasteiger partial charge < -0.3 is 21.5 Å². The van der Waals surface area contributed by atoms with Gasteiger partial charge in [-0.25, -0.2) is 0 Å². The molecule has 5 nitrogen and oxygen atoms in total. The lowest BCUT2D eigenvalue weighted by Gasteiger charge is -2.35. The van der Waals surface area contributed by atoms with E-state index in [0.717, 1.165) is 16.7 Å². The van der Waals surface area contributed by atoms with Crippen molar-refractivity contribution in [1.29, 1.82) is 0 Å². The number of hydrogen-bond donors (Lipinski definition) is 4. The van der Waals surface area contributed by atoms with Gasteiger partial charge in [0.05, 0.1) is 11.7 Å². The molecule has 0 saturated carbocycles. The van der Waals surface area contributed by atoms with Crippen LogP contribution in [0.2, 0.25) is 0 Å². The number of halogens is 3. The van der Waals surface area contributed by atoms with Gasteiger partial charge in [-0.05, 0) is 18.6 Å². The Balaban J connectivity index is 1.60. The monoisotopic (exact) mass is 386 g/mol. The number of piperidine rings is 1. The molecular formula is C17H21F3N4OS. The largest absolute Gasteiger partial charge is 0.417 e. The molecule has 0 aliphatic carbocycles. The molecule has 2 aromatic rings. The van der Waals surface area contributed by atoms with Crippen LogP contribution < -0.4 is 16.4 Å². The molecule has 26 heavy (non-hydrogen) atoms. The summed E-state index contributed by atoms with van der Waals surface area (Å²) in [7, 11) is 0. The molecule has 0 bridgehead atoms. The lowest BCUT2D eigenvalue weighted by Crippen LogP contribution is -2.56. The van der Waals surface area contributed by atoms with Gasteiger partial charge in [0.25, 0.3) is 0 Å². The van der Waals surface area contributed by atoms with Gasteiger partial charge in [0.1, 0.15) is 0 Å². The maximum absolute atomic E-state index is 12.8. The molecule has 9 heteroatoms. The molecule has 1 fully saturated rings. The van der Waals surface area contributed by atoms with E-state index < -0.39 is 17.8 Å². The van der Waals surface area contributed by atoms with Crippen molar-refractivity contribution in [2.45, 2.75) is 36.8 Å². The highest BCUT2D eigenvalue weighted by Crippen LogP contribution is 2.36. The third-order valence-electron chi connectivity index (χ3n) is 4.54. The van der Waals surface area contributed by atoms with Gasteiger partial charge in [-0.1, -0.05) is 6.07 Å². The fourth-order valence-corrected chi connectivity index (χ4v) is 4.03. The summed E-state index contributed by atoms with van der Waals surface area (Å²) in [6, 6.07) is 4.25. The first-order valence-electron chi connectivity index (χ1n) is 8.30. The van der Waals surface area contributed by atoms with Crippen molar-refractivity contribution in [3.8, 4) is 0 Å². The van der Waals surface area contributed by atoms with Crippen LogP contribution >= 0.6 is 11.3 Å². The van der Waals surface area contributed by atoms with Crippen molar-refractivity contribution >= 4 is 11.3 Å². The van der Waals surface area contributed by atoms with Crippen molar-refractivity contribution < 1.29 is 18.3 Å². The number of rotatable bonds is 5. The van der Waals surface area contributed by atoms with Crippen LogP contribution in [0.25, 0.3) is 0 Å². The van der Waals surface area contributed by atoms with E-state index in [1.54, 1.807) is 24.5 Å². The van der Waals surface area contributed by atoms with Gasteiger partial charge >= 0.3 is 6.18 Å². The number of aromatic nitrogens is 1. The second kappa shape index (κ2) is 8.01. The smallest absolute Gasteiger partial charge is 0.387 e. The van der Waals surface area contributed by atoms with Crippen molar-refractivity contribution in [3.63, 3.8) is 0 Å². The lowest BCUT2D eigenvalue weighted by atomic mass is 9.94. The number of aliphatic hydroxyl groups is 1. The van der Waals surface area contributed by atoms with Gasteiger partial charge in [-0.15, -0.1) is 11.3 Å². The maximum Gasteiger partial charge on any atom is 0.417 e. The molecule has 2 aromatic heterocycles. The van der Waals surface area contributed by atoms with Crippen molar-refractivity contribution in [3.05, 3.63) is 52.0 Å². The summed E-state index contributed by atoms with van der Waals surface area (Å²) in [5.41, 5.74) is 6.20. The summed E-state index contributed by atoms with van der Waals surface area (Å²) in [4.78, 5) is 4.62. The molecule has 3 rings (SSSR count). The summed E-state index contributed by atoms with van der Waals surface area (Å²) in [5.74, 6) is 0. The van der Waals surface area contributed by atoms with Gasteiger partial charge in [0, 0.05) is 59.4 Å². The van der Waals surface area contributed by atoms with Crippen LogP contribution in [0.15, 0.2) is 36.0 Å². The zero-order chi connectivity index (χ0) is 18.7. The molecule has 0 radical (unpaired) electrons. The summed E-state index contributed by atoms with van der Waals surface area (Å²) in [5, 5.41) is 17.8. The highest BCUT2D eigenvalue weighted by molar-refractivity contribution is 7.10. The van der Waals surface area contributed by atoms with E-state index >= 15 is 0 Å². The number of aliphatic hydroxyl groups excluding tert-OH is 1. The SMILES string of the molecule is NC1CNC(c2cc(C(F)(F)F)cs2)CC1NCC(O)c1cccnc1. The van der Waals surface area contributed by atoms with E-state index in [9.17, 15) is 18.3 Å². The van der Waals surface area contributed by atoms with Gasteiger partial charge in [0.2, 0.25) is 0 Å². The van der Waals surface area contributed by atoms with Crippen LogP contribution in [-0.4, -0.2) is 35.3 Å². The fraction of sp³-hybridized carbons (Fsp3) is 0.471. The van der Waals surface area contributed by atoms with Crippen molar-refractivity contribution in [1.82, 2.24) is 15.6 Å². The molecule has 4 atom stereocenters. The van der Waals surface area contributed by atoms with Gasteiger partial charge in [-0.2, -0.15) is 13.2 Å². The van der Waals surface area contributed by atoms with Crippen LogP contribution in [0, 0.1) is 0 Å². The lowest BCUT2D eigenvalue weighted by molar-refractivity contribution is -0.137. The molecular weight excluding hydrogens is 365 g/mol. The van der Waals surface area contributed by atoms with E-state index in [1.807, 2.05) is 0 Å². The zero-order valence-electron chi connectivity index (χ0n) is 13.9. The number of hydrogen-bond acceptors (Lipinski definition) is 6. The normalized spacial score (nSPS) is 25.2. The number of nitrogens with zero attached hydrogens (tertiary/aromatic N) is 1. The van der Waals surface area contributed by atoms with Crippen LogP contribution in [0.1, 0.15) is 34.6 Å². The third-order valence-corrected chi connectivity index (χ3v) is 5.59. The van der Waals surface area contributed by atoms with Crippen LogP contribution in [0.5, 0.6) is 0 Å². The molecule has 0 amide bonds. The van der Waals surface area contributed by atoms with E-state index in [0.29, 0.717) is 30.0 Å². The summed E-state index contributed by atoms with van der Waals surface area (Å²) in [6.07, 6.45) is -1.26. The van der Waals surface area contributed by atoms with Crippen molar-refractivity contribution in [2.24, 2.45) is 5.73 Å². The molecule has 5 N–H and O–H groups in total. The van der Waals surface area contributed by atoms with Crippen LogP contribution in [0.3, 0.4) is 0 Å². The second-order valence-corrected chi connectivity index (χ2v) is 7.36. The molecule has 4 unspecified atom stereocenters. The average Bonchev–Trinajstić information content (AvgIpc) is 3.12. The maximum atomic E-state index is 12.8. The van der Waals surface area contributed by atoms with E-state index in [1.165, 1.54) is 6.07 Å². The van der Waals surface area contributed by atoms with Crippen LogP contribution in [-0.2, 0) is 6.18 Å². The first-order chi connectivity index (χ1) is 12.3. The Hall–Kier alpha value is -1.52. The fourth-order valence-electron chi connectivity index (χ4n) is 3.02. The number of nitrogens with two attached hydrogens (primary N) is 1. The van der Waals surface area contributed by atoms with Crippen LogP contribution in [0.4, 0.5) is 13.2 Å². The van der Waals surface area contributed by atoms with Gasteiger partial charge in [-0.3, -0.25) is 4.98 Å². The van der Waals surface area contributed by atoms with Crippen molar-refractivity contribution in [2.75, 3.05) is 13.1 Å². The van der Waals surface area contributed by atoms with E-state index in [-0.39, 0.29) is 18.1 Å². The second-order valence-electron chi connectivity index (χ2n) is 6.41. The standard InChI is InChI=1S/C17H21F3N4OS/c18-17(19,20)11-4-16(26-9-11)14-5-13(12(21)7-23-14)24-8-15(25)10-2-1-3-22-6-10/h1-4,6,9,12-15,23-25H,5,7-8,21H2. The Labute approximate surface area is 153 Å². The highest BCUT2D eigenvalue weighted by atomic mass is 32.1. The highest BCUT2D eigenvalue weighted by Gasteiger charge is 2.34. The number of pyridine rings is 1. The van der Waals surface area contributed by atoms with E-state index in [2.05, 4.69) is 15.6 Å². The molecule has 1 aliphatic rings. The Morgan fingerprint density at radius 3 is 2.92 bits per heavy atom. The topological polar surface area (TPSA) is 83.2 Å². The quantitative estimate of drug-likeness (QED) is 0.633. The van der Waals surface area contributed by atoms with E-state index in [4.69, 9.17) is 5.73 Å². The first kappa shape index (κ1) is 19.2.